The molecule has 2 aromatic heterocycles. The van der Waals surface area contributed by atoms with Crippen molar-refractivity contribution in [2.75, 3.05) is 20.8 Å². The van der Waals surface area contributed by atoms with E-state index in [9.17, 15) is 9.59 Å². The summed E-state index contributed by atoms with van der Waals surface area (Å²) in [7, 11) is 3.16. The molecule has 0 bridgehead atoms. The van der Waals surface area contributed by atoms with Gasteiger partial charge in [-0.3, -0.25) is 14.6 Å². The Morgan fingerprint density at radius 1 is 1.17 bits per heavy atom. The van der Waals surface area contributed by atoms with E-state index in [2.05, 4.69) is 25.8 Å². The van der Waals surface area contributed by atoms with Crippen LogP contribution in [0.3, 0.4) is 0 Å². The monoisotopic (exact) mass is 489 g/mol. The number of pyridine rings is 2. The number of benzene rings is 1. The molecule has 0 N–H and O–H groups in total. The Kier molecular flexibility index (Phi) is 5.85. The number of aromatic nitrogens is 2. The summed E-state index contributed by atoms with van der Waals surface area (Å²) in [6, 6.07) is 8.80. The van der Waals surface area contributed by atoms with Gasteiger partial charge in [0.25, 0.3) is 5.91 Å². The predicted octanol–water partition coefficient (Wildman–Crippen LogP) is 4.70. The van der Waals surface area contributed by atoms with E-state index in [1.807, 2.05) is 23.1 Å². The summed E-state index contributed by atoms with van der Waals surface area (Å²) in [4.78, 5) is 37.7. The molecular formula is C28H31N3O5. The number of carbonyl (C=O) groups excluding carboxylic acids is 2. The van der Waals surface area contributed by atoms with E-state index in [0.29, 0.717) is 53.4 Å². The number of hydrogen-bond acceptors (Lipinski definition) is 7. The number of ketones is 1. The molecule has 2 aliphatic heterocycles. The third kappa shape index (κ3) is 4.04. The van der Waals surface area contributed by atoms with Crippen molar-refractivity contribution in [1.29, 1.82) is 0 Å². The molecule has 0 aliphatic carbocycles. The summed E-state index contributed by atoms with van der Waals surface area (Å²) in [5, 5.41) is 0.778. The van der Waals surface area contributed by atoms with Gasteiger partial charge in [-0.1, -0.05) is 26.8 Å². The molecule has 0 saturated carbocycles. The number of nitrogens with zero attached hydrogens (tertiary/aromatic N) is 3. The second kappa shape index (κ2) is 8.76. The zero-order valence-corrected chi connectivity index (χ0v) is 21.3. The Morgan fingerprint density at radius 3 is 2.67 bits per heavy atom. The lowest BCUT2D eigenvalue weighted by Crippen LogP contribution is -2.60. The normalized spacial score (nSPS) is 21.8. The summed E-state index contributed by atoms with van der Waals surface area (Å²) in [6.07, 6.45) is 4.58. The highest BCUT2D eigenvalue weighted by Gasteiger charge is 2.50. The molecule has 2 unspecified atom stereocenters. The Morgan fingerprint density at radius 2 is 1.94 bits per heavy atom. The van der Waals surface area contributed by atoms with Crippen LogP contribution in [0.5, 0.6) is 17.2 Å². The SMILES string of the molecule is COc1cc(C(=O)N2CCC3(CC(=O)c4ccncc4O3)CC2C(C)(C)C)nc2c(OC)cccc12. The van der Waals surface area contributed by atoms with Crippen LogP contribution in [-0.4, -0.2) is 59.0 Å². The van der Waals surface area contributed by atoms with Crippen molar-refractivity contribution < 1.29 is 23.8 Å². The van der Waals surface area contributed by atoms with Gasteiger partial charge in [0.1, 0.15) is 34.1 Å². The first-order valence-corrected chi connectivity index (χ1v) is 12.1. The van der Waals surface area contributed by atoms with Gasteiger partial charge in [-0.25, -0.2) is 4.98 Å². The van der Waals surface area contributed by atoms with E-state index in [1.54, 1.807) is 38.7 Å². The smallest absolute Gasteiger partial charge is 0.272 e. The van der Waals surface area contributed by atoms with Crippen molar-refractivity contribution >= 4 is 22.6 Å². The predicted molar refractivity (Wildman–Crippen MR) is 135 cm³/mol. The summed E-state index contributed by atoms with van der Waals surface area (Å²) >= 11 is 0. The highest BCUT2D eigenvalue weighted by molar-refractivity contribution is 6.01. The maximum Gasteiger partial charge on any atom is 0.272 e. The number of methoxy groups -OCH3 is 2. The third-order valence-corrected chi connectivity index (χ3v) is 7.33. The molecule has 3 aromatic rings. The fourth-order valence-electron chi connectivity index (χ4n) is 5.44. The molecule has 1 aromatic carbocycles. The topological polar surface area (TPSA) is 90.9 Å². The van der Waals surface area contributed by atoms with E-state index in [0.717, 1.165) is 5.39 Å². The van der Waals surface area contributed by atoms with Crippen LogP contribution in [0, 0.1) is 5.41 Å². The van der Waals surface area contributed by atoms with Crippen LogP contribution in [-0.2, 0) is 0 Å². The van der Waals surface area contributed by atoms with Crippen LogP contribution in [0.15, 0.2) is 42.7 Å². The second-order valence-corrected chi connectivity index (χ2v) is 10.7. The Labute approximate surface area is 210 Å². The molecule has 36 heavy (non-hydrogen) atoms. The molecule has 0 radical (unpaired) electrons. The quantitative estimate of drug-likeness (QED) is 0.527. The zero-order valence-electron chi connectivity index (χ0n) is 21.3. The van der Waals surface area contributed by atoms with Crippen LogP contribution < -0.4 is 14.2 Å². The van der Waals surface area contributed by atoms with Crippen molar-refractivity contribution in [3.05, 3.63) is 54.0 Å². The first-order chi connectivity index (χ1) is 17.2. The molecule has 4 heterocycles. The first-order valence-electron chi connectivity index (χ1n) is 12.1. The largest absolute Gasteiger partial charge is 0.496 e. The number of amides is 1. The summed E-state index contributed by atoms with van der Waals surface area (Å²) in [6.45, 7) is 6.76. The van der Waals surface area contributed by atoms with Crippen molar-refractivity contribution in [3.63, 3.8) is 0 Å². The van der Waals surface area contributed by atoms with E-state index in [-0.39, 0.29) is 29.6 Å². The molecule has 1 fully saturated rings. The number of likely N-dealkylation sites (tertiary alicyclic amines) is 1. The maximum absolute atomic E-state index is 14.0. The molecule has 8 nitrogen and oxygen atoms in total. The average Bonchev–Trinajstić information content (AvgIpc) is 2.86. The standard InChI is InChI=1S/C28H31N3O5/c1-27(2,3)24-15-28(14-20(32)17-9-11-29-16-23(17)36-28)10-12-31(24)26(33)19-13-22(35-5)18-7-6-8-21(34-4)25(18)30-19/h6-9,11,13,16,24H,10,12,14-15H2,1-5H3. The van der Waals surface area contributed by atoms with Gasteiger partial charge >= 0.3 is 0 Å². The third-order valence-electron chi connectivity index (χ3n) is 7.33. The molecular weight excluding hydrogens is 458 g/mol. The maximum atomic E-state index is 14.0. The zero-order chi connectivity index (χ0) is 25.7. The minimum atomic E-state index is -0.667. The van der Waals surface area contributed by atoms with Crippen LogP contribution in [0.4, 0.5) is 0 Å². The molecule has 1 spiro atoms. The summed E-state index contributed by atoms with van der Waals surface area (Å²) in [5.74, 6) is 1.54. The van der Waals surface area contributed by atoms with Gasteiger partial charge in [0.2, 0.25) is 0 Å². The lowest BCUT2D eigenvalue weighted by molar-refractivity contribution is -0.0508. The Balaban J connectivity index is 1.51. The molecule has 5 rings (SSSR count). The number of hydrogen-bond donors (Lipinski definition) is 0. The summed E-state index contributed by atoms with van der Waals surface area (Å²) < 4.78 is 17.5. The van der Waals surface area contributed by atoms with E-state index in [4.69, 9.17) is 19.2 Å². The number of piperidine rings is 1. The lowest BCUT2D eigenvalue weighted by Gasteiger charge is -2.51. The van der Waals surface area contributed by atoms with Crippen molar-refractivity contribution in [3.8, 4) is 17.2 Å². The van der Waals surface area contributed by atoms with Gasteiger partial charge in [-0.2, -0.15) is 0 Å². The average molecular weight is 490 g/mol. The number of fused-ring (bicyclic) bond motifs is 2. The Hall–Kier alpha value is -3.68. The van der Waals surface area contributed by atoms with Crippen molar-refractivity contribution in [1.82, 2.24) is 14.9 Å². The molecule has 188 valence electrons. The van der Waals surface area contributed by atoms with Gasteiger partial charge in [0.15, 0.2) is 5.78 Å². The van der Waals surface area contributed by atoms with Gasteiger partial charge in [0.05, 0.1) is 32.4 Å². The minimum absolute atomic E-state index is 0.0547. The molecule has 2 atom stereocenters. The number of para-hydroxylation sites is 1. The van der Waals surface area contributed by atoms with E-state index >= 15 is 0 Å². The van der Waals surface area contributed by atoms with Gasteiger partial charge < -0.3 is 19.1 Å². The van der Waals surface area contributed by atoms with Crippen LogP contribution in [0.25, 0.3) is 10.9 Å². The molecule has 2 aliphatic rings. The van der Waals surface area contributed by atoms with Crippen LogP contribution in [0.2, 0.25) is 0 Å². The highest BCUT2D eigenvalue weighted by atomic mass is 16.5. The Bertz CT molecular complexity index is 1350. The second-order valence-electron chi connectivity index (χ2n) is 10.7. The number of Topliss-reactive ketones (excluding diaryl/α,β-unsaturated/α-hetero) is 1. The molecule has 1 saturated heterocycles. The first kappa shape index (κ1) is 24.0. The van der Waals surface area contributed by atoms with Gasteiger partial charge in [-0.05, 0) is 23.6 Å². The van der Waals surface area contributed by atoms with E-state index in [1.165, 1.54) is 0 Å². The number of carbonyl (C=O) groups is 2. The van der Waals surface area contributed by atoms with Crippen LogP contribution >= 0.6 is 0 Å². The van der Waals surface area contributed by atoms with Crippen molar-refractivity contribution in [2.45, 2.75) is 51.7 Å². The molecule has 8 heteroatoms. The minimum Gasteiger partial charge on any atom is -0.496 e. The van der Waals surface area contributed by atoms with Crippen molar-refractivity contribution in [2.24, 2.45) is 5.41 Å². The lowest BCUT2D eigenvalue weighted by atomic mass is 9.72. The van der Waals surface area contributed by atoms with E-state index < -0.39 is 5.60 Å². The number of ether oxygens (including phenoxy) is 3. The summed E-state index contributed by atoms with van der Waals surface area (Å²) in [5.41, 5.74) is 0.518. The fraction of sp³-hybridized carbons (Fsp3) is 0.429. The van der Waals surface area contributed by atoms with Crippen LogP contribution in [0.1, 0.15) is 60.9 Å². The van der Waals surface area contributed by atoms with Gasteiger partial charge in [-0.15, -0.1) is 0 Å². The highest BCUT2D eigenvalue weighted by Crippen LogP contribution is 2.45. The fourth-order valence-corrected chi connectivity index (χ4v) is 5.44. The number of rotatable bonds is 3. The van der Waals surface area contributed by atoms with Gasteiger partial charge in [0, 0.05) is 43.1 Å². The molecule has 1 amide bonds.